The molecule has 0 spiro atoms. The van der Waals surface area contributed by atoms with Gasteiger partial charge in [-0.2, -0.15) is 0 Å². The predicted octanol–water partition coefficient (Wildman–Crippen LogP) is 8.51. The molecule has 0 aliphatic rings. The summed E-state index contributed by atoms with van der Waals surface area (Å²) in [5, 5.41) is 0. The van der Waals surface area contributed by atoms with Crippen molar-refractivity contribution in [1.29, 1.82) is 0 Å². The molecule has 0 saturated carbocycles. The maximum atomic E-state index is 12.6. The third-order valence-electron chi connectivity index (χ3n) is 6.61. The number of carbonyl (C=O) groups is 2. The fourth-order valence-corrected chi connectivity index (χ4v) is 3.92. The SMILES string of the molecule is CCCCCCC(C)Oc1ccc(-c2ccc(C(=O)Oc3ccc(C(=O)OC[C@@H](C)CC)cc3)cc2)cc1. The zero-order valence-corrected chi connectivity index (χ0v) is 23.1. The topological polar surface area (TPSA) is 61.8 Å². The number of ether oxygens (including phenoxy) is 3. The van der Waals surface area contributed by atoms with Gasteiger partial charge >= 0.3 is 11.9 Å². The lowest BCUT2D eigenvalue weighted by Gasteiger charge is -2.15. The van der Waals surface area contributed by atoms with Gasteiger partial charge in [-0.05, 0) is 85.3 Å². The minimum atomic E-state index is -0.458. The number of hydrogen-bond donors (Lipinski definition) is 0. The zero-order valence-electron chi connectivity index (χ0n) is 23.1. The first-order chi connectivity index (χ1) is 18.4. The molecule has 3 aromatic rings. The Kier molecular flexibility index (Phi) is 11.4. The van der Waals surface area contributed by atoms with Gasteiger partial charge in [0.15, 0.2) is 0 Å². The summed E-state index contributed by atoms with van der Waals surface area (Å²) in [6, 6.07) is 21.7. The molecule has 0 N–H and O–H groups in total. The fraction of sp³-hybridized carbons (Fsp3) is 0.394. The maximum absolute atomic E-state index is 12.6. The molecule has 0 fully saturated rings. The van der Waals surface area contributed by atoms with E-state index in [2.05, 4.69) is 20.8 Å². The Hall–Kier alpha value is -3.60. The number of hydrogen-bond acceptors (Lipinski definition) is 5. The van der Waals surface area contributed by atoms with Crippen molar-refractivity contribution in [2.24, 2.45) is 5.92 Å². The second-order valence-electron chi connectivity index (χ2n) is 9.91. The van der Waals surface area contributed by atoms with Gasteiger partial charge in [-0.3, -0.25) is 0 Å². The molecule has 0 radical (unpaired) electrons. The van der Waals surface area contributed by atoms with E-state index in [1.807, 2.05) is 43.3 Å². The molecule has 0 amide bonds. The molecule has 0 heterocycles. The van der Waals surface area contributed by atoms with Crippen molar-refractivity contribution in [1.82, 2.24) is 0 Å². The first-order valence-electron chi connectivity index (χ1n) is 13.8. The lowest BCUT2D eigenvalue weighted by atomic mass is 10.0. The Morgan fingerprint density at radius 2 is 1.24 bits per heavy atom. The number of carbonyl (C=O) groups excluding carboxylic acids is 2. The van der Waals surface area contributed by atoms with Crippen LogP contribution in [0.2, 0.25) is 0 Å². The van der Waals surface area contributed by atoms with Crippen LogP contribution in [0.4, 0.5) is 0 Å². The van der Waals surface area contributed by atoms with E-state index in [9.17, 15) is 9.59 Å². The summed E-state index contributed by atoms with van der Waals surface area (Å²) in [5.74, 6) is 0.716. The van der Waals surface area contributed by atoms with Crippen LogP contribution in [0.25, 0.3) is 11.1 Å². The molecule has 38 heavy (non-hydrogen) atoms. The maximum Gasteiger partial charge on any atom is 0.343 e. The number of benzene rings is 3. The van der Waals surface area contributed by atoms with Gasteiger partial charge in [0.1, 0.15) is 11.5 Å². The normalized spacial score (nSPS) is 12.4. The van der Waals surface area contributed by atoms with Crippen molar-refractivity contribution in [3.63, 3.8) is 0 Å². The fourth-order valence-electron chi connectivity index (χ4n) is 3.92. The molecule has 0 aliphatic carbocycles. The van der Waals surface area contributed by atoms with Gasteiger partial charge in [0.05, 0.1) is 23.8 Å². The highest BCUT2D eigenvalue weighted by Gasteiger charge is 2.12. The smallest absolute Gasteiger partial charge is 0.343 e. The molecule has 0 aliphatic heterocycles. The highest BCUT2D eigenvalue weighted by atomic mass is 16.5. The molecule has 3 rings (SSSR count). The highest BCUT2D eigenvalue weighted by molar-refractivity contribution is 5.92. The van der Waals surface area contributed by atoms with Crippen molar-refractivity contribution in [3.05, 3.63) is 83.9 Å². The van der Waals surface area contributed by atoms with Crippen LogP contribution in [0.5, 0.6) is 11.5 Å². The van der Waals surface area contributed by atoms with Crippen molar-refractivity contribution in [2.45, 2.75) is 72.3 Å². The van der Waals surface area contributed by atoms with Gasteiger partial charge in [0.2, 0.25) is 0 Å². The lowest BCUT2D eigenvalue weighted by Crippen LogP contribution is -2.12. The van der Waals surface area contributed by atoms with Gasteiger partial charge in [-0.15, -0.1) is 0 Å². The van der Waals surface area contributed by atoms with E-state index in [1.165, 1.54) is 25.7 Å². The van der Waals surface area contributed by atoms with Crippen LogP contribution >= 0.6 is 0 Å². The van der Waals surface area contributed by atoms with Gasteiger partial charge in [0.25, 0.3) is 0 Å². The Morgan fingerprint density at radius 3 is 1.84 bits per heavy atom. The van der Waals surface area contributed by atoms with Crippen molar-refractivity contribution in [3.8, 4) is 22.6 Å². The van der Waals surface area contributed by atoms with Gasteiger partial charge in [-0.1, -0.05) is 70.7 Å². The van der Waals surface area contributed by atoms with Gasteiger partial charge in [-0.25, -0.2) is 9.59 Å². The van der Waals surface area contributed by atoms with E-state index in [-0.39, 0.29) is 12.1 Å². The first-order valence-corrected chi connectivity index (χ1v) is 13.8. The summed E-state index contributed by atoms with van der Waals surface area (Å²) in [4.78, 5) is 24.8. The monoisotopic (exact) mass is 516 g/mol. The molecule has 0 saturated heterocycles. The van der Waals surface area contributed by atoms with Crippen molar-refractivity contribution >= 4 is 11.9 Å². The van der Waals surface area contributed by atoms with Crippen LogP contribution in [0, 0.1) is 5.92 Å². The third kappa shape index (κ3) is 9.05. The Bertz CT molecular complexity index is 1130. The Labute approximate surface area is 227 Å². The zero-order chi connectivity index (χ0) is 27.3. The lowest BCUT2D eigenvalue weighted by molar-refractivity contribution is 0.0447. The summed E-state index contributed by atoms with van der Waals surface area (Å²) in [6.07, 6.45) is 7.18. The van der Waals surface area contributed by atoms with E-state index < -0.39 is 5.97 Å². The molecule has 202 valence electrons. The average Bonchev–Trinajstić information content (AvgIpc) is 2.94. The standard InChI is InChI=1S/C33H40O5/c1-5-7-8-9-10-25(4)37-30-19-15-27(16-20-30)26-11-13-29(14-12-26)33(35)38-31-21-17-28(18-22-31)32(34)36-23-24(3)6-2/h11-22,24-25H,5-10,23H2,1-4H3/t24-,25?/m0/s1. The van der Waals surface area contributed by atoms with Crippen LogP contribution in [0.3, 0.4) is 0 Å². The van der Waals surface area contributed by atoms with Crippen molar-refractivity contribution in [2.75, 3.05) is 6.61 Å². The third-order valence-corrected chi connectivity index (χ3v) is 6.61. The van der Waals surface area contributed by atoms with E-state index in [4.69, 9.17) is 14.2 Å². The van der Waals surface area contributed by atoms with Gasteiger partial charge < -0.3 is 14.2 Å². The minimum Gasteiger partial charge on any atom is -0.491 e. The van der Waals surface area contributed by atoms with Crippen molar-refractivity contribution < 1.29 is 23.8 Å². The molecule has 0 bridgehead atoms. The van der Waals surface area contributed by atoms with E-state index in [1.54, 1.807) is 36.4 Å². The molecule has 0 aromatic heterocycles. The molecule has 5 heteroatoms. The van der Waals surface area contributed by atoms with Crippen LogP contribution in [0.15, 0.2) is 72.8 Å². The molecule has 3 aromatic carbocycles. The van der Waals surface area contributed by atoms with E-state index in [0.29, 0.717) is 29.4 Å². The average molecular weight is 517 g/mol. The predicted molar refractivity (Wildman–Crippen MR) is 152 cm³/mol. The van der Waals surface area contributed by atoms with Crippen LogP contribution in [0.1, 0.15) is 86.9 Å². The summed E-state index contributed by atoms with van der Waals surface area (Å²) in [5.41, 5.74) is 2.92. The number of unbranched alkanes of at least 4 members (excludes halogenated alkanes) is 3. The van der Waals surface area contributed by atoms with Crippen LogP contribution < -0.4 is 9.47 Å². The number of esters is 2. The molecule has 1 unspecified atom stereocenters. The quantitative estimate of drug-likeness (QED) is 0.122. The van der Waals surface area contributed by atoms with Crippen LogP contribution in [-0.4, -0.2) is 24.6 Å². The summed E-state index contributed by atoms with van der Waals surface area (Å²) >= 11 is 0. The molecular formula is C33H40O5. The Balaban J connectivity index is 1.51. The van der Waals surface area contributed by atoms with E-state index >= 15 is 0 Å². The Morgan fingerprint density at radius 1 is 0.684 bits per heavy atom. The second kappa shape index (κ2) is 15.0. The summed E-state index contributed by atoms with van der Waals surface area (Å²) in [7, 11) is 0. The summed E-state index contributed by atoms with van der Waals surface area (Å²) in [6.45, 7) is 8.82. The van der Waals surface area contributed by atoms with Crippen LogP contribution in [-0.2, 0) is 4.74 Å². The molecule has 2 atom stereocenters. The highest BCUT2D eigenvalue weighted by Crippen LogP contribution is 2.25. The number of rotatable bonds is 14. The molecule has 5 nitrogen and oxygen atoms in total. The van der Waals surface area contributed by atoms with E-state index in [0.717, 1.165) is 29.7 Å². The van der Waals surface area contributed by atoms with Gasteiger partial charge in [0, 0.05) is 0 Å². The second-order valence-corrected chi connectivity index (χ2v) is 9.91. The molecular weight excluding hydrogens is 476 g/mol. The minimum absolute atomic E-state index is 0.197. The largest absolute Gasteiger partial charge is 0.491 e. The summed E-state index contributed by atoms with van der Waals surface area (Å²) < 4.78 is 16.8. The first kappa shape index (κ1) is 29.0.